The number of nitrogens with zero attached hydrogens (tertiary/aromatic N) is 1. The van der Waals surface area contributed by atoms with Crippen LogP contribution in [0.25, 0.3) is 0 Å². The van der Waals surface area contributed by atoms with Crippen LogP contribution in [0.1, 0.15) is 66.7 Å². The van der Waals surface area contributed by atoms with Crippen LogP contribution in [0.2, 0.25) is 18.1 Å². The Balaban J connectivity index is 2.03. The monoisotopic (exact) mass is 477 g/mol. The standard InChI is InChI=1S/C26H43NO5Si/c1-25(2,3)33(6,7)32-23-17-22(20(28)13-11-9-8-10-12-16-27)31-21(23)14-15-24-29-18-26(4,5)19-30-24/h14-15,20-24,28H,8,10,12-13,17-19H2,1-7H3/b15-14+/t20-,21+,22+,23+/m1/s1. The van der Waals surface area contributed by atoms with Crippen molar-refractivity contribution in [1.82, 2.24) is 0 Å². The van der Waals surface area contributed by atoms with Gasteiger partial charge in [-0.3, -0.25) is 0 Å². The Bertz CT molecular complexity index is 745. The highest BCUT2D eigenvalue weighted by Gasteiger charge is 2.45. The summed E-state index contributed by atoms with van der Waals surface area (Å²) < 4.78 is 24.6. The van der Waals surface area contributed by atoms with Gasteiger partial charge < -0.3 is 23.7 Å². The third-order valence-corrected chi connectivity index (χ3v) is 11.1. The van der Waals surface area contributed by atoms with Gasteiger partial charge in [-0.1, -0.05) is 40.7 Å². The molecule has 1 N–H and O–H groups in total. The smallest absolute Gasteiger partial charge is 0.192 e. The average Bonchev–Trinajstić information content (AvgIpc) is 3.11. The van der Waals surface area contributed by atoms with E-state index in [4.69, 9.17) is 23.9 Å². The highest BCUT2D eigenvalue weighted by molar-refractivity contribution is 6.74. The van der Waals surface area contributed by atoms with Crippen molar-refractivity contribution < 1.29 is 23.7 Å². The Hall–Kier alpha value is -1.19. The molecule has 4 atom stereocenters. The maximum atomic E-state index is 10.7. The fraction of sp³-hybridized carbons (Fsp3) is 0.808. The van der Waals surface area contributed by atoms with E-state index in [1.165, 1.54) is 0 Å². The molecule has 0 bridgehead atoms. The number of rotatable bonds is 8. The minimum absolute atomic E-state index is 0.0209. The van der Waals surface area contributed by atoms with Crippen LogP contribution in [-0.4, -0.2) is 57.3 Å². The van der Waals surface area contributed by atoms with Crippen LogP contribution in [-0.2, 0) is 18.6 Å². The zero-order valence-electron chi connectivity index (χ0n) is 21.5. The summed E-state index contributed by atoms with van der Waals surface area (Å²) in [6.45, 7) is 16.7. The van der Waals surface area contributed by atoms with Gasteiger partial charge in [0.1, 0.15) is 6.10 Å². The van der Waals surface area contributed by atoms with Crippen molar-refractivity contribution in [3.63, 3.8) is 0 Å². The van der Waals surface area contributed by atoms with Gasteiger partial charge in [-0.15, -0.1) is 11.8 Å². The quantitative estimate of drug-likeness (QED) is 0.231. The first-order chi connectivity index (χ1) is 15.3. The number of hydrogen-bond donors (Lipinski definition) is 1. The molecule has 2 saturated heterocycles. The molecule has 186 valence electrons. The average molecular weight is 478 g/mol. The van der Waals surface area contributed by atoms with Gasteiger partial charge in [-0.2, -0.15) is 5.26 Å². The summed E-state index contributed by atoms with van der Waals surface area (Å²) in [7, 11) is -2.02. The van der Waals surface area contributed by atoms with Crippen LogP contribution in [0.4, 0.5) is 0 Å². The molecule has 0 spiro atoms. The molecule has 0 radical (unpaired) electrons. The molecule has 2 aliphatic rings. The second kappa shape index (κ2) is 12.0. The highest BCUT2D eigenvalue weighted by Crippen LogP contribution is 2.40. The largest absolute Gasteiger partial charge is 0.411 e. The van der Waals surface area contributed by atoms with Crippen molar-refractivity contribution >= 4 is 8.32 Å². The van der Waals surface area contributed by atoms with Gasteiger partial charge in [0.05, 0.1) is 37.6 Å². The molecule has 0 aromatic rings. The van der Waals surface area contributed by atoms with E-state index in [1.807, 2.05) is 12.2 Å². The molecule has 7 heteroatoms. The van der Waals surface area contributed by atoms with E-state index in [1.54, 1.807) is 0 Å². The Labute approximate surface area is 201 Å². The lowest BCUT2D eigenvalue weighted by molar-refractivity contribution is -0.197. The predicted molar refractivity (Wildman–Crippen MR) is 132 cm³/mol. The molecular formula is C26H43NO5Si. The van der Waals surface area contributed by atoms with E-state index in [0.29, 0.717) is 38.9 Å². The fourth-order valence-electron chi connectivity index (χ4n) is 3.46. The molecule has 2 aliphatic heterocycles. The zero-order chi connectivity index (χ0) is 24.7. The summed E-state index contributed by atoms with van der Waals surface area (Å²) in [5.74, 6) is 6.08. The minimum Gasteiger partial charge on any atom is -0.411 e. The van der Waals surface area contributed by atoms with Crippen molar-refractivity contribution in [2.24, 2.45) is 5.41 Å². The SMILES string of the molecule is CC1(C)COC(/C=C/[C@@H]2O[C@H]([C@H](O)CC#CCCCC#N)C[C@@H]2O[Si](C)(C)C(C)(C)C)OC1. The van der Waals surface area contributed by atoms with E-state index in [2.05, 4.69) is 65.6 Å². The predicted octanol–water partition coefficient (Wildman–Crippen LogP) is 4.94. The first-order valence-corrected chi connectivity index (χ1v) is 15.0. The summed E-state index contributed by atoms with van der Waals surface area (Å²) in [5.41, 5.74) is 0.0209. The van der Waals surface area contributed by atoms with Gasteiger partial charge >= 0.3 is 0 Å². The number of ether oxygens (including phenoxy) is 3. The topological polar surface area (TPSA) is 80.9 Å². The van der Waals surface area contributed by atoms with Crippen molar-refractivity contribution in [3.8, 4) is 17.9 Å². The van der Waals surface area contributed by atoms with E-state index in [0.717, 1.165) is 6.42 Å². The molecule has 2 heterocycles. The van der Waals surface area contributed by atoms with Gasteiger partial charge in [-0.05, 0) is 30.6 Å². The Morgan fingerprint density at radius 3 is 2.42 bits per heavy atom. The summed E-state index contributed by atoms with van der Waals surface area (Å²) in [6, 6.07) is 2.12. The van der Waals surface area contributed by atoms with Crippen LogP contribution in [0, 0.1) is 28.6 Å². The lowest BCUT2D eigenvalue weighted by Crippen LogP contribution is -2.45. The number of hydrogen-bond acceptors (Lipinski definition) is 6. The normalized spacial score (nSPS) is 27.2. The third-order valence-electron chi connectivity index (χ3n) is 6.61. The molecule has 0 aromatic heterocycles. The van der Waals surface area contributed by atoms with Crippen LogP contribution in [0.3, 0.4) is 0 Å². The van der Waals surface area contributed by atoms with Crippen molar-refractivity contribution in [3.05, 3.63) is 12.2 Å². The first-order valence-electron chi connectivity index (χ1n) is 12.1. The second-order valence-corrected chi connectivity index (χ2v) is 16.2. The maximum Gasteiger partial charge on any atom is 0.192 e. The Morgan fingerprint density at radius 1 is 1.15 bits per heavy atom. The van der Waals surface area contributed by atoms with Crippen molar-refractivity contribution in [1.29, 1.82) is 5.26 Å². The number of aliphatic hydroxyl groups is 1. The highest BCUT2D eigenvalue weighted by atomic mass is 28.4. The van der Waals surface area contributed by atoms with E-state index in [9.17, 15) is 5.11 Å². The lowest BCUT2D eigenvalue weighted by Gasteiger charge is -2.39. The second-order valence-electron chi connectivity index (χ2n) is 11.5. The molecule has 33 heavy (non-hydrogen) atoms. The zero-order valence-corrected chi connectivity index (χ0v) is 22.5. The Kier molecular flexibility index (Phi) is 10.2. The summed E-state index contributed by atoms with van der Waals surface area (Å²) in [4.78, 5) is 0. The van der Waals surface area contributed by atoms with Gasteiger partial charge in [0, 0.05) is 31.1 Å². The lowest BCUT2D eigenvalue weighted by atomic mass is 9.96. The number of unbranched alkanes of at least 4 members (excludes halogenated alkanes) is 2. The fourth-order valence-corrected chi connectivity index (χ4v) is 4.81. The maximum absolute atomic E-state index is 10.7. The van der Waals surface area contributed by atoms with E-state index in [-0.39, 0.29) is 28.8 Å². The van der Waals surface area contributed by atoms with Crippen LogP contribution < -0.4 is 0 Å². The summed E-state index contributed by atoms with van der Waals surface area (Å²) in [5, 5.41) is 19.4. The molecule has 0 unspecified atom stereocenters. The number of nitriles is 1. The summed E-state index contributed by atoms with van der Waals surface area (Å²) in [6.07, 6.45) is 4.98. The molecule has 0 saturated carbocycles. The van der Waals surface area contributed by atoms with Crippen LogP contribution >= 0.6 is 0 Å². The van der Waals surface area contributed by atoms with Gasteiger partial charge in [-0.25, -0.2) is 0 Å². The summed E-state index contributed by atoms with van der Waals surface area (Å²) >= 11 is 0. The molecule has 2 rings (SSSR count). The van der Waals surface area contributed by atoms with Gasteiger partial charge in [0.2, 0.25) is 0 Å². The van der Waals surface area contributed by atoms with Gasteiger partial charge in [0.15, 0.2) is 14.6 Å². The van der Waals surface area contributed by atoms with E-state index >= 15 is 0 Å². The van der Waals surface area contributed by atoms with Crippen molar-refractivity contribution in [2.75, 3.05) is 13.2 Å². The Morgan fingerprint density at radius 2 is 1.82 bits per heavy atom. The minimum atomic E-state index is -2.02. The molecule has 6 nitrogen and oxygen atoms in total. The van der Waals surface area contributed by atoms with Crippen molar-refractivity contribution in [2.45, 2.75) is 116 Å². The van der Waals surface area contributed by atoms with Crippen LogP contribution in [0.5, 0.6) is 0 Å². The molecule has 0 aromatic carbocycles. The van der Waals surface area contributed by atoms with Crippen LogP contribution in [0.15, 0.2) is 12.2 Å². The molecule has 0 amide bonds. The van der Waals surface area contributed by atoms with E-state index < -0.39 is 20.7 Å². The molecule has 2 fully saturated rings. The third kappa shape index (κ3) is 8.83. The van der Waals surface area contributed by atoms with Gasteiger partial charge in [0.25, 0.3) is 0 Å². The number of aliphatic hydroxyl groups excluding tert-OH is 1. The first kappa shape index (κ1) is 28.0. The molecule has 0 aliphatic carbocycles. The molecular weight excluding hydrogens is 434 g/mol.